The first-order chi connectivity index (χ1) is 13.2. The zero-order valence-electron chi connectivity index (χ0n) is 15.4. The molecule has 0 unspecified atom stereocenters. The number of hydrogen-bond acceptors (Lipinski definition) is 5. The molecule has 28 heavy (non-hydrogen) atoms. The molecule has 0 saturated heterocycles. The Kier molecular flexibility index (Phi) is 5.53. The summed E-state index contributed by atoms with van der Waals surface area (Å²) in [5, 5.41) is 7.87. The predicted octanol–water partition coefficient (Wildman–Crippen LogP) is 3.38. The Bertz CT molecular complexity index is 1100. The van der Waals surface area contributed by atoms with Crippen LogP contribution in [0.2, 0.25) is 0 Å². The lowest BCUT2D eigenvalue weighted by atomic mass is 10.1. The highest BCUT2D eigenvalue weighted by atomic mass is 32.2. The lowest BCUT2D eigenvalue weighted by Crippen LogP contribution is -2.16. The van der Waals surface area contributed by atoms with Crippen LogP contribution in [0, 0.1) is 13.8 Å². The maximum Gasteiger partial charge on any atom is 0.291 e. The zero-order chi connectivity index (χ0) is 20.3. The van der Waals surface area contributed by atoms with Crippen molar-refractivity contribution in [1.82, 2.24) is 0 Å². The molecule has 0 atom stereocenters. The normalized spacial score (nSPS) is 11.2. The molecule has 146 valence electrons. The van der Waals surface area contributed by atoms with Gasteiger partial charge in [0.25, 0.3) is 5.91 Å². The summed E-state index contributed by atoms with van der Waals surface area (Å²) in [4.78, 5) is 12.4. The Balaban J connectivity index is 1.74. The number of nitrogens with one attached hydrogen (secondary N) is 1. The Hall–Kier alpha value is -3.10. The highest BCUT2D eigenvalue weighted by Gasteiger charge is 2.17. The number of furan rings is 1. The molecule has 8 heteroatoms. The van der Waals surface area contributed by atoms with Crippen molar-refractivity contribution >= 4 is 21.6 Å². The number of rotatable bonds is 6. The molecule has 0 aliphatic heterocycles. The lowest BCUT2D eigenvalue weighted by molar-refractivity contribution is 0.0992. The van der Waals surface area contributed by atoms with Gasteiger partial charge in [-0.2, -0.15) is 0 Å². The van der Waals surface area contributed by atoms with Gasteiger partial charge in [0, 0.05) is 5.69 Å². The van der Waals surface area contributed by atoms with Gasteiger partial charge < -0.3 is 14.5 Å². The number of para-hydroxylation sites is 1. The van der Waals surface area contributed by atoms with Gasteiger partial charge in [0.2, 0.25) is 10.0 Å². The van der Waals surface area contributed by atoms with E-state index >= 15 is 0 Å². The van der Waals surface area contributed by atoms with E-state index in [2.05, 4.69) is 5.32 Å². The van der Waals surface area contributed by atoms with E-state index in [1.165, 1.54) is 18.2 Å². The summed E-state index contributed by atoms with van der Waals surface area (Å²) >= 11 is 0. The fourth-order valence-corrected chi connectivity index (χ4v) is 3.18. The number of nitrogens with two attached hydrogens (primary N) is 1. The fourth-order valence-electron chi connectivity index (χ4n) is 2.55. The first-order valence-electron chi connectivity index (χ1n) is 8.46. The van der Waals surface area contributed by atoms with Crippen molar-refractivity contribution in [3.8, 4) is 5.75 Å². The number of sulfonamides is 1. The number of primary sulfonamides is 1. The smallest absolute Gasteiger partial charge is 0.291 e. The van der Waals surface area contributed by atoms with Gasteiger partial charge in [0.05, 0.1) is 4.90 Å². The van der Waals surface area contributed by atoms with E-state index in [0.717, 1.165) is 5.56 Å². The molecule has 0 radical (unpaired) electrons. The largest absolute Gasteiger partial charge is 0.486 e. The standard InChI is InChI=1S/C20H20N2O5S/c1-13-10-17(28(21,24)25)11-18(14(13)2)22-20(23)19-9-8-16(27-19)12-26-15-6-4-3-5-7-15/h3-11H,12H2,1-2H3,(H,22,23)(H2,21,24,25). The Morgan fingerprint density at radius 3 is 2.50 bits per heavy atom. The second-order valence-electron chi connectivity index (χ2n) is 6.28. The summed E-state index contributed by atoms with van der Waals surface area (Å²) in [6, 6.07) is 15.2. The van der Waals surface area contributed by atoms with Gasteiger partial charge in [0.15, 0.2) is 5.76 Å². The third-order valence-corrected chi connectivity index (χ3v) is 5.12. The second-order valence-corrected chi connectivity index (χ2v) is 7.84. The maximum atomic E-state index is 12.5. The number of carbonyl (C=O) groups excluding carboxylic acids is 1. The van der Waals surface area contributed by atoms with Crippen molar-refractivity contribution < 1.29 is 22.4 Å². The highest BCUT2D eigenvalue weighted by molar-refractivity contribution is 7.89. The van der Waals surface area contributed by atoms with E-state index in [9.17, 15) is 13.2 Å². The van der Waals surface area contributed by atoms with E-state index < -0.39 is 15.9 Å². The predicted molar refractivity (Wildman–Crippen MR) is 105 cm³/mol. The van der Waals surface area contributed by atoms with E-state index in [0.29, 0.717) is 22.8 Å². The molecular formula is C20H20N2O5S. The molecule has 0 saturated carbocycles. The highest BCUT2D eigenvalue weighted by Crippen LogP contribution is 2.24. The van der Waals surface area contributed by atoms with E-state index in [1.807, 2.05) is 30.3 Å². The van der Waals surface area contributed by atoms with Crippen LogP contribution in [0.25, 0.3) is 0 Å². The maximum absolute atomic E-state index is 12.5. The summed E-state index contributed by atoms with van der Waals surface area (Å²) < 4.78 is 34.4. The van der Waals surface area contributed by atoms with E-state index in [-0.39, 0.29) is 17.3 Å². The number of benzene rings is 2. The van der Waals surface area contributed by atoms with E-state index in [1.54, 1.807) is 19.9 Å². The quantitative estimate of drug-likeness (QED) is 0.659. The van der Waals surface area contributed by atoms with Gasteiger partial charge >= 0.3 is 0 Å². The number of anilines is 1. The summed E-state index contributed by atoms with van der Waals surface area (Å²) in [7, 11) is -3.89. The average molecular weight is 400 g/mol. The monoisotopic (exact) mass is 400 g/mol. The molecule has 7 nitrogen and oxygen atoms in total. The van der Waals surface area contributed by atoms with Crippen LogP contribution in [0.3, 0.4) is 0 Å². The number of aryl methyl sites for hydroxylation is 1. The van der Waals surface area contributed by atoms with Crippen molar-refractivity contribution in [2.45, 2.75) is 25.3 Å². The second kappa shape index (κ2) is 7.87. The number of hydrogen-bond donors (Lipinski definition) is 2. The SMILES string of the molecule is Cc1cc(S(N)(=O)=O)cc(NC(=O)c2ccc(COc3ccccc3)o2)c1C. The van der Waals surface area contributed by atoms with Crippen molar-refractivity contribution in [2.24, 2.45) is 5.14 Å². The number of carbonyl (C=O) groups is 1. The van der Waals surface area contributed by atoms with Gasteiger partial charge in [-0.1, -0.05) is 18.2 Å². The van der Waals surface area contributed by atoms with Gasteiger partial charge in [0.1, 0.15) is 18.1 Å². The van der Waals surface area contributed by atoms with Gasteiger partial charge in [-0.05, 0) is 61.4 Å². The molecule has 0 aliphatic rings. The third kappa shape index (κ3) is 4.59. The first kappa shape index (κ1) is 19.7. The topological polar surface area (TPSA) is 112 Å². The van der Waals surface area contributed by atoms with Crippen LogP contribution in [0.5, 0.6) is 5.75 Å². The molecule has 0 bridgehead atoms. The molecule has 3 rings (SSSR count). The zero-order valence-corrected chi connectivity index (χ0v) is 16.2. The van der Waals surface area contributed by atoms with Crippen molar-refractivity contribution in [2.75, 3.05) is 5.32 Å². The fraction of sp³-hybridized carbons (Fsp3) is 0.150. The minimum atomic E-state index is -3.89. The van der Waals surface area contributed by atoms with Gasteiger partial charge in [-0.25, -0.2) is 13.6 Å². The molecular weight excluding hydrogens is 380 g/mol. The van der Waals surface area contributed by atoms with Crippen LogP contribution in [0.4, 0.5) is 5.69 Å². The molecule has 1 amide bonds. The molecule has 2 aromatic carbocycles. The van der Waals surface area contributed by atoms with Crippen LogP contribution in [0.1, 0.15) is 27.4 Å². The Labute approximate surface area is 163 Å². The first-order valence-corrected chi connectivity index (χ1v) is 10.0. The number of amides is 1. The van der Waals surface area contributed by atoms with Crippen LogP contribution in [0.15, 0.2) is 63.9 Å². The molecule has 1 aromatic heterocycles. The van der Waals surface area contributed by atoms with Crippen LogP contribution >= 0.6 is 0 Å². The van der Waals surface area contributed by atoms with Crippen molar-refractivity contribution in [3.05, 3.63) is 77.2 Å². The van der Waals surface area contributed by atoms with Crippen molar-refractivity contribution in [3.63, 3.8) is 0 Å². The van der Waals surface area contributed by atoms with Gasteiger partial charge in [-0.3, -0.25) is 4.79 Å². The lowest BCUT2D eigenvalue weighted by Gasteiger charge is -2.12. The Morgan fingerprint density at radius 1 is 1.11 bits per heavy atom. The van der Waals surface area contributed by atoms with Crippen LogP contribution in [-0.4, -0.2) is 14.3 Å². The third-order valence-electron chi connectivity index (χ3n) is 4.23. The minimum Gasteiger partial charge on any atom is -0.486 e. The molecule has 0 fully saturated rings. The summed E-state index contributed by atoms with van der Waals surface area (Å²) in [5.41, 5.74) is 1.78. The molecule has 3 N–H and O–H groups in total. The molecule has 0 aliphatic carbocycles. The average Bonchev–Trinajstić information content (AvgIpc) is 3.13. The Morgan fingerprint density at radius 2 is 1.82 bits per heavy atom. The minimum absolute atomic E-state index is 0.0673. The van der Waals surface area contributed by atoms with Crippen LogP contribution in [-0.2, 0) is 16.6 Å². The molecule has 3 aromatic rings. The molecule has 1 heterocycles. The van der Waals surface area contributed by atoms with Gasteiger partial charge in [-0.15, -0.1) is 0 Å². The number of ether oxygens (including phenoxy) is 1. The van der Waals surface area contributed by atoms with Crippen molar-refractivity contribution in [1.29, 1.82) is 0 Å². The van der Waals surface area contributed by atoms with Crippen LogP contribution < -0.4 is 15.2 Å². The summed E-state index contributed by atoms with van der Waals surface area (Å²) in [6.07, 6.45) is 0. The summed E-state index contributed by atoms with van der Waals surface area (Å²) in [6.45, 7) is 3.70. The van der Waals surface area contributed by atoms with E-state index in [4.69, 9.17) is 14.3 Å². The summed E-state index contributed by atoms with van der Waals surface area (Å²) in [5.74, 6) is 0.765. The molecule has 0 spiro atoms.